The quantitative estimate of drug-likeness (QED) is 0.922. The van der Waals surface area contributed by atoms with E-state index in [0.717, 1.165) is 18.4 Å². The highest BCUT2D eigenvalue weighted by molar-refractivity contribution is 5.81. The van der Waals surface area contributed by atoms with Crippen LogP contribution in [0.3, 0.4) is 0 Å². The molecule has 1 N–H and O–H groups in total. The van der Waals surface area contributed by atoms with E-state index in [1.54, 1.807) is 4.90 Å². The van der Waals surface area contributed by atoms with Crippen molar-refractivity contribution in [2.24, 2.45) is 17.8 Å². The second kappa shape index (κ2) is 5.51. The van der Waals surface area contributed by atoms with Gasteiger partial charge in [-0.2, -0.15) is 0 Å². The summed E-state index contributed by atoms with van der Waals surface area (Å²) in [6, 6.07) is 7.94. The van der Waals surface area contributed by atoms with E-state index in [9.17, 15) is 14.7 Å². The molecule has 2 fully saturated rings. The first-order valence-electron chi connectivity index (χ1n) is 7.60. The molecule has 1 aromatic rings. The van der Waals surface area contributed by atoms with Crippen LogP contribution in [0, 0.1) is 24.7 Å². The van der Waals surface area contributed by atoms with Gasteiger partial charge in [0.05, 0.1) is 12.3 Å². The van der Waals surface area contributed by atoms with Gasteiger partial charge < -0.3 is 10.0 Å². The second-order valence-electron chi connectivity index (χ2n) is 6.41. The zero-order valence-corrected chi connectivity index (χ0v) is 12.3. The Hall–Kier alpha value is -1.84. The summed E-state index contributed by atoms with van der Waals surface area (Å²) in [5, 5.41) is 9.34. The van der Waals surface area contributed by atoms with Gasteiger partial charge in [0.2, 0.25) is 5.91 Å². The van der Waals surface area contributed by atoms with Crippen molar-refractivity contribution in [3.05, 3.63) is 35.4 Å². The third-order valence-corrected chi connectivity index (χ3v) is 4.74. The van der Waals surface area contributed by atoms with Crippen LogP contribution in [-0.4, -0.2) is 35.0 Å². The second-order valence-corrected chi connectivity index (χ2v) is 6.41. The van der Waals surface area contributed by atoms with Gasteiger partial charge in [0.25, 0.3) is 0 Å². The Balaban J connectivity index is 1.65. The Morgan fingerprint density at radius 2 is 1.86 bits per heavy atom. The monoisotopic (exact) mass is 287 g/mol. The van der Waals surface area contributed by atoms with Crippen LogP contribution in [0.4, 0.5) is 0 Å². The van der Waals surface area contributed by atoms with Crippen molar-refractivity contribution < 1.29 is 14.7 Å². The molecular formula is C17H21NO3. The van der Waals surface area contributed by atoms with Gasteiger partial charge in [-0.3, -0.25) is 9.59 Å². The van der Waals surface area contributed by atoms with Gasteiger partial charge >= 0.3 is 5.97 Å². The number of aliphatic carboxylic acids is 1. The van der Waals surface area contributed by atoms with Crippen LogP contribution in [0.5, 0.6) is 0 Å². The predicted octanol–water partition coefficient (Wildman–Crippen LogP) is 2.11. The molecule has 1 saturated heterocycles. The number of carbonyl (C=O) groups is 2. The first-order chi connectivity index (χ1) is 10.0. The summed E-state index contributed by atoms with van der Waals surface area (Å²) in [6.45, 7) is 3.01. The zero-order valence-electron chi connectivity index (χ0n) is 12.3. The highest BCUT2D eigenvalue weighted by Gasteiger charge is 2.46. The molecule has 1 saturated carbocycles. The van der Waals surface area contributed by atoms with E-state index in [2.05, 4.69) is 0 Å². The number of rotatable bonds is 4. The molecule has 0 radical (unpaired) electrons. The number of hydrogen-bond acceptors (Lipinski definition) is 2. The molecule has 1 aliphatic carbocycles. The SMILES string of the molecule is Cc1ccc(CC(=O)N2C[C@H](C(=O)O)[C@@H](C3CC3)C2)cc1. The highest BCUT2D eigenvalue weighted by Crippen LogP contribution is 2.44. The molecule has 2 aliphatic rings. The largest absolute Gasteiger partial charge is 0.481 e. The summed E-state index contributed by atoms with van der Waals surface area (Å²) in [6.07, 6.45) is 2.60. The van der Waals surface area contributed by atoms with E-state index >= 15 is 0 Å². The first-order valence-corrected chi connectivity index (χ1v) is 7.60. The minimum Gasteiger partial charge on any atom is -0.481 e. The first kappa shape index (κ1) is 14.1. The van der Waals surface area contributed by atoms with Gasteiger partial charge in [-0.05, 0) is 37.2 Å². The van der Waals surface area contributed by atoms with E-state index in [4.69, 9.17) is 0 Å². The van der Waals surface area contributed by atoms with E-state index < -0.39 is 5.97 Å². The van der Waals surface area contributed by atoms with Crippen LogP contribution < -0.4 is 0 Å². The molecule has 3 rings (SSSR count). The van der Waals surface area contributed by atoms with Gasteiger partial charge in [0.15, 0.2) is 0 Å². The maximum atomic E-state index is 12.4. The predicted molar refractivity (Wildman–Crippen MR) is 78.8 cm³/mol. The molecule has 112 valence electrons. The topological polar surface area (TPSA) is 57.6 Å². The van der Waals surface area contributed by atoms with E-state index in [1.165, 1.54) is 5.56 Å². The molecule has 0 spiro atoms. The van der Waals surface area contributed by atoms with Crippen molar-refractivity contribution in [2.75, 3.05) is 13.1 Å². The van der Waals surface area contributed by atoms with Gasteiger partial charge in [-0.15, -0.1) is 0 Å². The molecule has 2 atom stereocenters. The van der Waals surface area contributed by atoms with Gasteiger partial charge in [0.1, 0.15) is 0 Å². The maximum Gasteiger partial charge on any atom is 0.308 e. The third kappa shape index (κ3) is 3.09. The molecule has 4 nitrogen and oxygen atoms in total. The van der Waals surface area contributed by atoms with Gasteiger partial charge in [-0.1, -0.05) is 29.8 Å². The van der Waals surface area contributed by atoms with Gasteiger partial charge in [0, 0.05) is 13.1 Å². The lowest BCUT2D eigenvalue weighted by molar-refractivity contribution is -0.142. The van der Waals surface area contributed by atoms with Crippen molar-refractivity contribution in [1.29, 1.82) is 0 Å². The number of likely N-dealkylation sites (tertiary alicyclic amines) is 1. The summed E-state index contributed by atoms with van der Waals surface area (Å²) in [5.74, 6) is -0.405. The Kier molecular flexibility index (Phi) is 3.70. The van der Waals surface area contributed by atoms with Crippen molar-refractivity contribution >= 4 is 11.9 Å². The number of carboxylic acid groups (broad SMARTS) is 1. The Bertz CT molecular complexity index is 548. The molecule has 0 unspecified atom stereocenters. The van der Waals surface area contributed by atoms with Crippen molar-refractivity contribution in [3.8, 4) is 0 Å². The van der Waals surface area contributed by atoms with Gasteiger partial charge in [-0.25, -0.2) is 0 Å². The minimum absolute atomic E-state index is 0.0493. The molecule has 1 heterocycles. The Morgan fingerprint density at radius 1 is 1.19 bits per heavy atom. The molecule has 0 bridgehead atoms. The van der Waals surface area contributed by atoms with Crippen LogP contribution in [0.25, 0.3) is 0 Å². The third-order valence-electron chi connectivity index (χ3n) is 4.74. The number of benzene rings is 1. The molecule has 1 aromatic carbocycles. The molecule has 1 aliphatic heterocycles. The molecule has 0 aromatic heterocycles. The summed E-state index contributed by atoms with van der Waals surface area (Å²) in [5.41, 5.74) is 2.17. The number of hydrogen-bond donors (Lipinski definition) is 1. The van der Waals surface area contributed by atoms with Crippen LogP contribution in [0.2, 0.25) is 0 Å². The van der Waals surface area contributed by atoms with E-state index in [1.807, 2.05) is 31.2 Å². The molecular weight excluding hydrogens is 266 g/mol. The lowest BCUT2D eigenvalue weighted by Crippen LogP contribution is -2.31. The van der Waals surface area contributed by atoms with E-state index in [0.29, 0.717) is 25.4 Å². The molecule has 21 heavy (non-hydrogen) atoms. The number of carboxylic acids is 1. The Labute approximate surface area is 124 Å². The summed E-state index contributed by atoms with van der Waals surface area (Å²) >= 11 is 0. The number of carbonyl (C=O) groups excluding carboxylic acids is 1. The Morgan fingerprint density at radius 3 is 2.43 bits per heavy atom. The van der Waals surface area contributed by atoms with Crippen LogP contribution >= 0.6 is 0 Å². The fourth-order valence-corrected chi connectivity index (χ4v) is 3.29. The van der Waals surface area contributed by atoms with E-state index in [-0.39, 0.29) is 17.7 Å². The fourth-order valence-electron chi connectivity index (χ4n) is 3.29. The van der Waals surface area contributed by atoms with Crippen LogP contribution in [-0.2, 0) is 16.0 Å². The minimum atomic E-state index is -0.752. The smallest absolute Gasteiger partial charge is 0.308 e. The molecule has 1 amide bonds. The summed E-state index contributed by atoms with van der Waals surface area (Å²) in [7, 11) is 0. The van der Waals surface area contributed by atoms with Crippen molar-refractivity contribution in [3.63, 3.8) is 0 Å². The lowest BCUT2D eigenvalue weighted by Gasteiger charge is -2.16. The maximum absolute atomic E-state index is 12.4. The lowest BCUT2D eigenvalue weighted by atomic mass is 9.92. The average Bonchev–Trinajstić information content (AvgIpc) is 3.19. The summed E-state index contributed by atoms with van der Waals surface area (Å²) in [4.78, 5) is 25.5. The average molecular weight is 287 g/mol. The normalized spacial score (nSPS) is 25.1. The van der Waals surface area contributed by atoms with Crippen molar-refractivity contribution in [1.82, 2.24) is 4.90 Å². The summed E-state index contributed by atoms with van der Waals surface area (Å²) < 4.78 is 0. The van der Waals surface area contributed by atoms with Crippen LogP contribution in [0.1, 0.15) is 24.0 Å². The standard InChI is InChI=1S/C17H21NO3/c1-11-2-4-12(5-3-11)8-16(19)18-9-14(13-6-7-13)15(10-18)17(20)21/h2-5,13-15H,6-10H2,1H3,(H,20,21)/t14-,15+/m1/s1. The van der Waals surface area contributed by atoms with Crippen molar-refractivity contribution in [2.45, 2.75) is 26.2 Å². The highest BCUT2D eigenvalue weighted by atomic mass is 16.4. The number of amides is 1. The fraction of sp³-hybridized carbons (Fsp3) is 0.529. The number of nitrogens with zero attached hydrogens (tertiary/aromatic N) is 1. The zero-order chi connectivity index (χ0) is 15.0. The molecule has 4 heteroatoms. The van der Waals surface area contributed by atoms with Crippen LogP contribution in [0.15, 0.2) is 24.3 Å². The number of aryl methyl sites for hydroxylation is 1.